The third-order valence-corrected chi connectivity index (χ3v) is 5.04. The lowest BCUT2D eigenvalue weighted by Crippen LogP contribution is -2.25. The molecular formula is C21H16BrF5N4O5. The minimum Gasteiger partial charge on any atom is -0.487 e. The standard InChI is InChI=1S/C19H15BrF2N4O3.C2HF3O2/c1-10-6-15(29-9-11-2-3-12(21)7-14(11)22)16(20)19(28)26(10)8-13-4-5-24-18(25-13)17(23)27;3-2(4,5)1(6)7/h2-7H,8-9H2,1H3,(H2,23,27);(H,6,7). The van der Waals surface area contributed by atoms with Gasteiger partial charge in [0.25, 0.3) is 11.5 Å². The largest absolute Gasteiger partial charge is 0.490 e. The lowest BCUT2D eigenvalue weighted by Gasteiger charge is -2.14. The molecule has 0 spiro atoms. The molecule has 2 heterocycles. The van der Waals surface area contributed by atoms with Crippen LogP contribution in [0.25, 0.3) is 0 Å². The molecule has 0 aliphatic carbocycles. The number of aromatic nitrogens is 3. The highest BCUT2D eigenvalue weighted by Gasteiger charge is 2.38. The number of rotatable bonds is 6. The van der Waals surface area contributed by atoms with Crippen molar-refractivity contribution in [3.63, 3.8) is 0 Å². The van der Waals surface area contributed by atoms with Crippen LogP contribution in [0.4, 0.5) is 22.0 Å². The SMILES string of the molecule is Cc1cc(OCc2ccc(F)cc2F)c(Br)c(=O)n1Cc1ccnc(C(N)=O)n1.O=C(O)C(F)(F)F. The van der Waals surface area contributed by atoms with E-state index in [1.54, 1.807) is 19.1 Å². The maximum atomic E-state index is 13.8. The molecule has 0 fully saturated rings. The molecule has 0 bridgehead atoms. The number of carboxylic acids is 1. The Morgan fingerprint density at radius 2 is 1.83 bits per heavy atom. The molecule has 9 nitrogen and oxygen atoms in total. The quantitative estimate of drug-likeness (QED) is 0.428. The minimum atomic E-state index is -5.08. The smallest absolute Gasteiger partial charge is 0.487 e. The maximum Gasteiger partial charge on any atom is 0.490 e. The van der Waals surface area contributed by atoms with E-state index in [0.29, 0.717) is 11.4 Å². The second kappa shape index (κ2) is 11.7. The number of nitrogens with zero attached hydrogens (tertiary/aromatic N) is 3. The highest BCUT2D eigenvalue weighted by molar-refractivity contribution is 9.10. The summed E-state index contributed by atoms with van der Waals surface area (Å²) in [6, 6.07) is 6.33. The van der Waals surface area contributed by atoms with Crippen molar-refractivity contribution in [3.05, 3.63) is 85.8 Å². The van der Waals surface area contributed by atoms with Crippen molar-refractivity contribution in [1.29, 1.82) is 0 Å². The number of carboxylic acid groups (broad SMARTS) is 1. The van der Waals surface area contributed by atoms with E-state index < -0.39 is 35.2 Å². The molecule has 15 heteroatoms. The Hall–Kier alpha value is -3.88. The van der Waals surface area contributed by atoms with Crippen LogP contribution < -0.4 is 16.0 Å². The average molecular weight is 579 g/mol. The summed E-state index contributed by atoms with van der Waals surface area (Å²) in [5.41, 5.74) is 5.90. The van der Waals surface area contributed by atoms with Crippen molar-refractivity contribution < 1.29 is 41.4 Å². The number of ether oxygens (including phenoxy) is 1. The number of alkyl halides is 3. The van der Waals surface area contributed by atoms with Gasteiger partial charge in [-0.05, 0) is 41.1 Å². The highest BCUT2D eigenvalue weighted by atomic mass is 79.9. The van der Waals surface area contributed by atoms with Crippen LogP contribution in [-0.2, 0) is 17.9 Å². The second-order valence-electron chi connectivity index (χ2n) is 6.92. The van der Waals surface area contributed by atoms with E-state index in [-0.39, 0.29) is 34.8 Å². The molecule has 0 atom stereocenters. The molecule has 3 N–H and O–H groups in total. The number of pyridine rings is 1. The minimum absolute atomic E-state index is 0.0823. The van der Waals surface area contributed by atoms with Crippen LogP contribution in [0.5, 0.6) is 5.75 Å². The van der Waals surface area contributed by atoms with Crippen LogP contribution in [0.15, 0.2) is 45.8 Å². The van der Waals surface area contributed by atoms with Crippen molar-refractivity contribution in [2.45, 2.75) is 26.3 Å². The zero-order chi connectivity index (χ0) is 27.2. The van der Waals surface area contributed by atoms with Gasteiger partial charge in [-0.25, -0.2) is 23.5 Å². The summed E-state index contributed by atoms with van der Waals surface area (Å²) in [6.45, 7) is 1.59. The van der Waals surface area contributed by atoms with Crippen molar-refractivity contribution in [1.82, 2.24) is 14.5 Å². The van der Waals surface area contributed by atoms with Crippen LogP contribution in [0, 0.1) is 18.6 Å². The monoisotopic (exact) mass is 578 g/mol. The first-order valence-electron chi connectivity index (χ1n) is 9.59. The van der Waals surface area contributed by atoms with Crippen LogP contribution >= 0.6 is 15.9 Å². The molecule has 2 aromatic heterocycles. The van der Waals surface area contributed by atoms with Gasteiger partial charge in [-0.1, -0.05) is 0 Å². The molecule has 0 radical (unpaired) electrons. The number of hydrogen-bond acceptors (Lipinski definition) is 6. The van der Waals surface area contributed by atoms with Crippen molar-refractivity contribution >= 4 is 27.8 Å². The first kappa shape index (κ1) is 28.4. The molecule has 0 aliphatic rings. The summed E-state index contributed by atoms with van der Waals surface area (Å²) >= 11 is 3.20. The third kappa shape index (κ3) is 7.56. The van der Waals surface area contributed by atoms with E-state index >= 15 is 0 Å². The molecule has 0 saturated heterocycles. The summed E-state index contributed by atoms with van der Waals surface area (Å²) in [5.74, 6) is -4.88. The Morgan fingerprint density at radius 3 is 2.39 bits per heavy atom. The van der Waals surface area contributed by atoms with Crippen LogP contribution in [0.1, 0.15) is 27.6 Å². The lowest BCUT2D eigenvalue weighted by molar-refractivity contribution is -0.192. The number of benzene rings is 1. The number of carbonyl (C=O) groups excluding carboxylic acids is 1. The van der Waals surface area contributed by atoms with Gasteiger partial charge in [0.2, 0.25) is 5.82 Å². The summed E-state index contributed by atoms with van der Waals surface area (Å²) in [7, 11) is 0. The van der Waals surface area contributed by atoms with E-state index in [1.165, 1.54) is 16.8 Å². The van der Waals surface area contributed by atoms with Gasteiger partial charge in [0.15, 0.2) is 0 Å². The van der Waals surface area contributed by atoms with Crippen LogP contribution in [0.2, 0.25) is 0 Å². The summed E-state index contributed by atoms with van der Waals surface area (Å²) in [6.07, 6.45) is -3.70. The molecule has 1 amide bonds. The molecule has 0 saturated carbocycles. The Morgan fingerprint density at radius 1 is 1.19 bits per heavy atom. The second-order valence-corrected chi connectivity index (χ2v) is 7.71. The first-order valence-corrected chi connectivity index (χ1v) is 10.4. The molecule has 3 rings (SSSR count). The zero-order valence-corrected chi connectivity index (χ0v) is 19.7. The fourth-order valence-corrected chi connectivity index (χ4v) is 3.02. The Labute approximate surface area is 207 Å². The first-order chi connectivity index (χ1) is 16.7. The van der Waals surface area contributed by atoms with Gasteiger partial charge in [0.1, 0.15) is 28.5 Å². The van der Waals surface area contributed by atoms with Gasteiger partial charge in [-0.15, -0.1) is 0 Å². The number of amides is 1. The third-order valence-electron chi connectivity index (χ3n) is 4.31. The molecule has 3 aromatic rings. The lowest BCUT2D eigenvalue weighted by atomic mass is 10.2. The number of aryl methyl sites for hydroxylation is 1. The Kier molecular flexibility index (Phi) is 9.22. The average Bonchev–Trinajstić information content (AvgIpc) is 2.79. The summed E-state index contributed by atoms with van der Waals surface area (Å²) < 4.78 is 65.6. The van der Waals surface area contributed by atoms with Crippen molar-refractivity contribution in [3.8, 4) is 5.75 Å². The summed E-state index contributed by atoms with van der Waals surface area (Å²) in [5, 5.41) is 7.12. The Bertz CT molecular complexity index is 1350. The topological polar surface area (TPSA) is 137 Å². The molecule has 192 valence electrons. The maximum absolute atomic E-state index is 13.8. The molecule has 36 heavy (non-hydrogen) atoms. The Balaban J connectivity index is 0.000000572. The normalized spacial score (nSPS) is 10.9. The van der Waals surface area contributed by atoms with Gasteiger partial charge in [0.05, 0.1) is 12.2 Å². The molecule has 0 unspecified atom stereocenters. The number of primary amides is 1. The van der Waals surface area contributed by atoms with E-state index in [1.807, 2.05) is 0 Å². The van der Waals surface area contributed by atoms with Crippen LogP contribution in [-0.4, -0.2) is 37.7 Å². The van der Waals surface area contributed by atoms with Gasteiger partial charge >= 0.3 is 12.1 Å². The highest BCUT2D eigenvalue weighted by Crippen LogP contribution is 2.24. The number of hydrogen-bond donors (Lipinski definition) is 2. The molecule has 1 aromatic carbocycles. The van der Waals surface area contributed by atoms with Gasteiger partial charge in [0, 0.05) is 29.6 Å². The van der Waals surface area contributed by atoms with E-state index in [2.05, 4.69) is 25.9 Å². The number of halogens is 6. The number of carbonyl (C=O) groups is 2. The van der Waals surface area contributed by atoms with Crippen molar-refractivity contribution in [2.24, 2.45) is 5.73 Å². The number of aliphatic carboxylic acids is 1. The number of nitrogens with two attached hydrogens (primary N) is 1. The molecule has 0 aliphatic heterocycles. The van der Waals surface area contributed by atoms with Gasteiger partial charge < -0.3 is 20.1 Å². The fraction of sp³-hybridized carbons (Fsp3) is 0.190. The van der Waals surface area contributed by atoms with E-state index in [0.717, 1.165) is 12.1 Å². The fourth-order valence-electron chi connectivity index (χ4n) is 2.58. The molecular weight excluding hydrogens is 563 g/mol. The van der Waals surface area contributed by atoms with Gasteiger partial charge in [-0.2, -0.15) is 13.2 Å². The summed E-state index contributed by atoms with van der Waals surface area (Å²) in [4.78, 5) is 40.7. The predicted molar refractivity (Wildman–Crippen MR) is 117 cm³/mol. The predicted octanol–water partition coefficient (Wildman–Crippen LogP) is 3.35. The zero-order valence-electron chi connectivity index (χ0n) is 18.1. The van der Waals surface area contributed by atoms with E-state index in [9.17, 15) is 31.5 Å². The van der Waals surface area contributed by atoms with Crippen molar-refractivity contribution in [2.75, 3.05) is 0 Å². The van der Waals surface area contributed by atoms with Gasteiger partial charge in [-0.3, -0.25) is 9.59 Å². The van der Waals surface area contributed by atoms with Crippen LogP contribution in [0.3, 0.4) is 0 Å². The van der Waals surface area contributed by atoms with E-state index in [4.69, 9.17) is 20.4 Å².